The largest absolute Gasteiger partial charge is 0.310 e. The third-order valence-electron chi connectivity index (χ3n) is 3.01. The van der Waals surface area contributed by atoms with Gasteiger partial charge < -0.3 is 5.32 Å². The maximum atomic E-state index is 4.06. The summed E-state index contributed by atoms with van der Waals surface area (Å²) < 4.78 is 1.88. The first-order valence-electron chi connectivity index (χ1n) is 6.81. The van der Waals surface area contributed by atoms with Crippen molar-refractivity contribution in [1.29, 1.82) is 0 Å². The first kappa shape index (κ1) is 13.7. The SMILES string of the molecule is CCCNCc1nnnn1CCc1cccc(C)c1. The molecule has 2 aromatic rings. The molecule has 0 bridgehead atoms. The number of nitrogens with zero attached hydrogens (tertiary/aromatic N) is 4. The van der Waals surface area contributed by atoms with Gasteiger partial charge >= 0.3 is 0 Å². The Balaban J connectivity index is 1.90. The van der Waals surface area contributed by atoms with Crippen molar-refractivity contribution < 1.29 is 0 Å². The molecule has 19 heavy (non-hydrogen) atoms. The average Bonchev–Trinajstić information content (AvgIpc) is 2.84. The van der Waals surface area contributed by atoms with Crippen LogP contribution in [-0.4, -0.2) is 26.8 Å². The Morgan fingerprint density at radius 1 is 1.32 bits per heavy atom. The van der Waals surface area contributed by atoms with E-state index in [1.807, 2.05) is 4.68 Å². The van der Waals surface area contributed by atoms with Gasteiger partial charge in [0.2, 0.25) is 0 Å². The van der Waals surface area contributed by atoms with Crippen molar-refractivity contribution in [2.45, 2.75) is 39.8 Å². The van der Waals surface area contributed by atoms with E-state index in [0.29, 0.717) is 0 Å². The zero-order chi connectivity index (χ0) is 13.5. The normalized spacial score (nSPS) is 10.8. The van der Waals surface area contributed by atoms with E-state index in [0.717, 1.165) is 38.3 Å². The summed E-state index contributed by atoms with van der Waals surface area (Å²) in [5.74, 6) is 0.904. The number of hydrogen-bond acceptors (Lipinski definition) is 4. The fourth-order valence-corrected chi connectivity index (χ4v) is 2.00. The van der Waals surface area contributed by atoms with Crippen LogP contribution < -0.4 is 5.32 Å². The lowest BCUT2D eigenvalue weighted by Crippen LogP contribution is -2.18. The third kappa shape index (κ3) is 4.13. The fourth-order valence-electron chi connectivity index (χ4n) is 2.00. The maximum absolute atomic E-state index is 4.06. The molecule has 0 saturated carbocycles. The molecule has 0 unspecified atom stereocenters. The van der Waals surface area contributed by atoms with Gasteiger partial charge in [0.1, 0.15) is 0 Å². The fraction of sp³-hybridized carbons (Fsp3) is 0.500. The van der Waals surface area contributed by atoms with Gasteiger partial charge in [0.05, 0.1) is 6.54 Å². The van der Waals surface area contributed by atoms with Crippen LogP contribution in [0.4, 0.5) is 0 Å². The average molecular weight is 259 g/mol. The standard InChI is InChI=1S/C14H21N5/c1-3-8-15-11-14-16-17-18-19(14)9-7-13-6-4-5-12(2)10-13/h4-6,10,15H,3,7-9,11H2,1-2H3. The second-order valence-corrected chi connectivity index (χ2v) is 4.73. The van der Waals surface area contributed by atoms with Crippen molar-refractivity contribution in [3.63, 3.8) is 0 Å². The topological polar surface area (TPSA) is 55.6 Å². The maximum Gasteiger partial charge on any atom is 0.165 e. The molecule has 1 heterocycles. The van der Waals surface area contributed by atoms with Crippen LogP contribution in [0, 0.1) is 6.92 Å². The Hall–Kier alpha value is -1.75. The van der Waals surface area contributed by atoms with Gasteiger partial charge in [0, 0.05) is 6.54 Å². The molecule has 0 aliphatic carbocycles. The molecular weight excluding hydrogens is 238 g/mol. The van der Waals surface area contributed by atoms with Gasteiger partial charge in [-0.25, -0.2) is 4.68 Å². The summed E-state index contributed by atoms with van der Waals surface area (Å²) in [6, 6.07) is 8.56. The number of tetrazole rings is 1. The molecule has 5 nitrogen and oxygen atoms in total. The summed E-state index contributed by atoms with van der Waals surface area (Å²) in [4.78, 5) is 0. The van der Waals surface area contributed by atoms with E-state index >= 15 is 0 Å². The Morgan fingerprint density at radius 2 is 2.21 bits per heavy atom. The Bertz CT molecular complexity index is 506. The number of hydrogen-bond donors (Lipinski definition) is 1. The summed E-state index contributed by atoms with van der Waals surface area (Å²) >= 11 is 0. The molecule has 1 aromatic carbocycles. The monoisotopic (exact) mass is 259 g/mol. The van der Waals surface area contributed by atoms with Crippen LogP contribution in [0.2, 0.25) is 0 Å². The van der Waals surface area contributed by atoms with Gasteiger partial charge in [0.15, 0.2) is 5.82 Å². The van der Waals surface area contributed by atoms with Crippen LogP contribution >= 0.6 is 0 Å². The van der Waals surface area contributed by atoms with Crippen molar-refractivity contribution in [1.82, 2.24) is 25.5 Å². The third-order valence-corrected chi connectivity index (χ3v) is 3.01. The van der Waals surface area contributed by atoms with E-state index in [1.165, 1.54) is 11.1 Å². The molecule has 0 aliphatic heterocycles. The van der Waals surface area contributed by atoms with Gasteiger partial charge in [-0.3, -0.25) is 0 Å². The van der Waals surface area contributed by atoms with Crippen molar-refractivity contribution in [3.8, 4) is 0 Å². The minimum atomic E-state index is 0.731. The van der Waals surface area contributed by atoms with Gasteiger partial charge in [-0.15, -0.1) is 5.10 Å². The minimum Gasteiger partial charge on any atom is -0.310 e. The molecule has 0 atom stereocenters. The van der Waals surface area contributed by atoms with Crippen LogP contribution in [0.15, 0.2) is 24.3 Å². The summed E-state index contributed by atoms with van der Waals surface area (Å²) in [5.41, 5.74) is 2.61. The van der Waals surface area contributed by atoms with E-state index in [4.69, 9.17) is 0 Å². The first-order chi connectivity index (χ1) is 9.29. The zero-order valence-corrected chi connectivity index (χ0v) is 11.6. The highest BCUT2D eigenvalue weighted by Gasteiger charge is 2.05. The second-order valence-electron chi connectivity index (χ2n) is 4.73. The number of nitrogens with one attached hydrogen (secondary N) is 1. The molecule has 0 radical (unpaired) electrons. The number of aromatic nitrogens is 4. The smallest absolute Gasteiger partial charge is 0.165 e. The quantitative estimate of drug-likeness (QED) is 0.769. The molecule has 0 fully saturated rings. The van der Waals surface area contributed by atoms with Gasteiger partial charge in [-0.1, -0.05) is 36.8 Å². The molecule has 0 saturated heterocycles. The molecular formula is C14H21N5. The van der Waals surface area contributed by atoms with Crippen LogP contribution in [0.25, 0.3) is 0 Å². The summed E-state index contributed by atoms with van der Waals surface area (Å²) in [7, 11) is 0. The van der Waals surface area contributed by atoms with E-state index in [1.54, 1.807) is 0 Å². The molecule has 5 heteroatoms. The summed E-state index contributed by atoms with van der Waals surface area (Å²) in [6.07, 6.45) is 2.07. The van der Waals surface area contributed by atoms with Crippen LogP contribution in [0.5, 0.6) is 0 Å². The highest BCUT2D eigenvalue weighted by atomic mass is 15.5. The van der Waals surface area contributed by atoms with Gasteiger partial charge in [-0.2, -0.15) is 0 Å². The van der Waals surface area contributed by atoms with Crippen LogP contribution in [0.1, 0.15) is 30.3 Å². The molecule has 1 N–H and O–H groups in total. The van der Waals surface area contributed by atoms with E-state index in [9.17, 15) is 0 Å². The van der Waals surface area contributed by atoms with Gasteiger partial charge in [-0.05, 0) is 42.3 Å². The summed E-state index contributed by atoms with van der Waals surface area (Å²) in [5, 5.41) is 15.2. The first-order valence-corrected chi connectivity index (χ1v) is 6.81. The summed E-state index contributed by atoms with van der Waals surface area (Å²) in [6.45, 7) is 6.80. The predicted octanol–water partition coefficient (Wildman–Crippen LogP) is 1.72. The van der Waals surface area contributed by atoms with E-state index < -0.39 is 0 Å². The lowest BCUT2D eigenvalue weighted by atomic mass is 10.1. The minimum absolute atomic E-state index is 0.731. The van der Waals surface area contributed by atoms with Crippen LogP contribution in [0.3, 0.4) is 0 Å². The molecule has 2 rings (SSSR count). The molecule has 0 aliphatic rings. The molecule has 1 aromatic heterocycles. The van der Waals surface area contributed by atoms with Crippen molar-refractivity contribution in [2.75, 3.05) is 6.54 Å². The lowest BCUT2D eigenvalue weighted by molar-refractivity contribution is 0.541. The Labute approximate surface area is 114 Å². The predicted molar refractivity (Wildman–Crippen MR) is 74.7 cm³/mol. The zero-order valence-electron chi connectivity index (χ0n) is 11.6. The van der Waals surface area contributed by atoms with E-state index in [2.05, 4.69) is 59.0 Å². The lowest BCUT2D eigenvalue weighted by Gasteiger charge is -2.06. The number of rotatable bonds is 7. The molecule has 0 amide bonds. The molecule has 0 spiro atoms. The number of benzene rings is 1. The Kier molecular flexibility index (Phi) is 5.03. The Morgan fingerprint density at radius 3 is 3.00 bits per heavy atom. The van der Waals surface area contributed by atoms with Crippen molar-refractivity contribution in [3.05, 3.63) is 41.2 Å². The second kappa shape index (κ2) is 6.99. The van der Waals surface area contributed by atoms with E-state index in [-0.39, 0.29) is 0 Å². The number of aryl methyl sites for hydroxylation is 3. The molecule has 102 valence electrons. The van der Waals surface area contributed by atoms with Crippen molar-refractivity contribution >= 4 is 0 Å². The van der Waals surface area contributed by atoms with Gasteiger partial charge in [0.25, 0.3) is 0 Å². The highest BCUT2D eigenvalue weighted by Crippen LogP contribution is 2.06. The van der Waals surface area contributed by atoms with Crippen molar-refractivity contribution in [2.24, 2.45) is 0 Å². The highest BCUT2D eigenvalue weighted by molar-refractivity contribution is 5.22. The van der Waals surface area contributed by atoms with Crippen LogP contribution in [-0.2, 0) is 19.5 Å².